The van der Waals surface area contributed by atoms with Crippen LogP contribution in [0, 0.1) is 22.7 Å². The second-order valence-corrected chi connectivity index (χ2v) is 7.89. The molecule has 0 saturated heterocycles. The number of nitriles is 2. The Balaban J connectivity index is 1.52. The lowest BCUT2D eigenvalue weighted by molar-refractivity contribution is -0.141. The van der Waals surface area contributed by atoms with E-state index in [0.717, 1.165) is 25.1 Å². The molecule has 1 aliphatic carbocycles. The molecule has 170 valence electrons. The van der Waals surface area contributed by atoms with Gasteiger partial charge in [0.15, 0.2) is 11.3 Å². The number of pyridine rings is 1. The van der Waals surface area contributed by atoms with Gasteiger partial charge in [0.25, 0.3) is 5.56 Å². The van der Waals surface area contributed by atoms with Crippen molar-refractivity contribution in [3.8, 4) is 12.1 Å². The molecule has 0 spiro atoms. The minimum atomic E-state index is -4.56. The molecule has 5 rings (SSSR count). The highest BCUT2D eigenvalue weighted by Gasteiger charge is 2.37. The standard InChI is InChI=1S/C21H14F3N9O/c22-21(23,24)16-4-1-11(7-27-16)9-33-19-17(14(6-26)31-33)20(34)30-18(29-19)13-2-3-15(13)32-10-12(5-25)8-28-32/h1,4,7-8,10,13,15H,2-3,9H2,(H,29,30,34). The summed E-state index contributed by atoms with van der Waals surface area (Å²) >= 11 is 0. The van der Waals surface area contributed by atoms with E-state index in [2.05, 4.69) is 25.1 Å². The topological polar surface area (TPSA) is 142 Å². The molecule has 2 unspecified atom stereocenters. The van der Waals surface area contributed by atoms with Gasteiger partial charge in [-0.1, -0.05) is 6.07 Å². The zero-order valence-corrected chi connectivity index (χ0v) is 17.3. The third-order valence-corrected chi connectivity index (χ3v) is 5.83. The van der Waals surface area contributed by atoms with Crippen molar-refractivity contribution in [3.05, 3.63) is 69.4 Å². The summed E-state index contributed by atoms with van der Waals surface area (Å²) in [5, 5.41) is 26.8. The summed E-state index contributed by atoms with van der Waals surface area (Å²) in [5.74, 6) is 0.212. The number of aromatic nitrogens is 7. The first-order valence-corrected chi connectivity index (χ1v) is 10.2. The van der Waals surface area contributed by atoms with Crippen LogP contribution in [-0.2, 0) is 12.7 Å². The Morgan fingerprint density at radius 3 is 2.59 bits per heavy atom. The number of fused-ring (bicyclic) bond motifs is 1. The fourth-order valence-electron chi connectivity index (χ4n) is 4.01. The lowest BCUT2D eigenvalue weighted by atomic mass is 9.79. The number of hydrogen-bond donors (Lipinski definition) is 1. The maximum atomic E-state index is 12.8. The first-order valence-electron chi connectivity index (χ1n) is 10.2. The second kappa shape index (κ2) is 7.81. The molecule has 4 aromatic rings. The van der Waals surface area contributed by atoms with Gasteiger partial charge in [0.05, 0.1) is 24.3 Å². The van der Waals surface area contributed by atoms with E-state index < -0.39 is 17.4 Å². The quantitative estimate of drug-likeness (QED) is 0.488. The van der Waals surface area contributed by atoms with Gasteiger partial charge in [-0.25, -0.2) is 9.67 Å². The minimum absolute atomic E-state index is 0.00727. The van der Waals surface area contributed by atoms with Crippen LogP contribution >= 0.6 is 0 Å². The van der Waals surface area contributed by atoms with Gasteiger partial charge in [0, 0.05) is 18.3 Å². The molecule has 0 aliphatic heterocycles. The van der Waals surface area contributed by atoms with Crippen LogP contribution in [0.1, 0.15) is 53.1 Å². The van der Waals surface area contributed by atoms with E-state index in [1.54, 1.807) is 10.9 Å². The number of hydrogen-bond acceptors (Lipinski definition) is 7. The van der Waals surface area contributed by atoms with E-state index >= 15 is 0 Å². The average Bonchev–Trinajstić information content (AvgIpc) is 3.38. The molecule has 1 aliphatic rings. The van der Waals surface area contributed by atoms with Crippen LogP contribution in [0.15, 0.2) is 35.5 Å². The van der Waals surface area contributed by atoms with E-state index in [4.69, 9.17) is 5.26 Å². The molecule has 4 aromatic heterocycles. The van der Waals surface area contributed by atoms with Crippen molar-refractivity contribution in [1.29, 1.82) is 10.5 Å². The third-order valence-electron chi connectivity index (χ3n) is 5.83. The van der Waals surface area contributed by atoms with Crippen LogP contribution in [0.2, 0.25) is 0 Å². The van der Waals surface area contributed by atoms with Gasteiger partial charge in [-0.15, -0.1) is 0 Å². The Morgan fingerprint density at radius 2 is 2.00 bits per heavy atom. The van der Waals surface area contributed by atoms with Crippen molar-refractivity contribution in [1.82, 2.24) is 34.5 Å². The molecule has 13 heteroatoms. The van der Waals surface area contributed by atoms with Crippen LogP contribution in [0.5, 0.6) is 0 Å². The maximum Gasteiger partial charge on any atom is 0.433 e. The van der Waals surface area contributed by atoms with Crippen molar-refractivity contribution in [2.75, 3.05) is 0 Å². The van der Waals surface area contributed by atoms with Crippen LogP contribution in [0.3, 0.4) is 0 Å². The molecule has 4 heterocycles. The summed E-state index contributed by atoms with van der Waals surface area (Å²) in [5.41, 5.74) is -0.718. The van der Waals surface area contributed by atoms with Gasteiger partial charge in [0.1, 0.15) is 29.0 Å². The lowest BCUT2D eigenvalue weighted by Gasteiger charge is -2.35. The molecule has 1 saturated carbocycles. The third kappa shape index (κ3) is 3.57. The zero-order valence-electron chi connectivity index (χ0n) is 17.3. The van der Waals surface area contributed by atoms with Crippen molar-refractivity contribution >= 4 is 11.0 Å². The fourth-order valence-corrected chi connectivity index (χ4v) is 4.01. The van der Waals surface area contributed by atoms with Crippen molar-refractivity contribution < 1.29 is 13.2 Å². The Kier molecular flexibility index (Phi) is 4.90. The van der Waals surface area contributed by atoms with E-state index in [0.29, 0.717) is 17.0 Å². The summed E-state index contributed by atoms with van der Waals surface area (Å²) in [7, 11) is 0. The van der Waals surface area contributed by atoms with E-state index in [9.17, 15) is 23.2 Å². The number of nitrogens with one attached hydrogen (secondary N) is 1. The monoisotopic (exact) mass is 465 g/mol. The molecule has 0 bridgehead atoms. The molecular formula is C21H14F3N9O. The summed E-state index contributed by atoms with van der Waals surface area (Å²) < 4.78 is 41.4. The largest absolute Gasteiger partial charge is 0.433 e. The Labute approximate surface area is 188 Å². The second-order valence-electron chi connectivity index (χ2n) is 7.89. The number of aromatic amines is 1. The zero-order chi connectivity index (χ0) is 24.0. The van der Waals surface area contributed by atoms with Gasteiger partial charge in [-0.05, 0) is 24.5 Å². The molecule has 0 radical (unpaired) electrons. The number of halogens is 3. The van der Waals surface area contributed by atoms with Gasteiger partial charge in [-0.2, -0.15) is 33.9 Å². The molecule has 1 fully saturated rings. The molecule has 10 nitrogen and oxygen atoms in total. The predicted molar refractivity (Wildman–Crippen MR) is 109 cm³/mol. The normalized spacial score (nSPS) is 17.8. The number of H-pyrrole nitrogens is 1. The molecule has 0 amide bonds. The number of nitrogens with zero attached hydrogens (tertiary/aromatic N) is 8. The Morgan fingerprint density at radius 1 is 1.18 bits per heavy atom. The number of rotatable bonds is 4. The molecule has 0 aromatic carbocycles. The van der Waals surface area contributed by atoms with Crippen molar-refractivity contribution in [3.63, 3.8) is 0 Å². The molecule has 2 atom stereocenters. The summed E-state index contributed by atoms with van der Waals surface area (Å²) in [6, 6.07) is 5.90. The predicted octanol–water partition coefficient (Wildman–Crippen LogP) is 2.64. The first kappa shape index (κ1) is 21.3. The van der Waals surface area contributed by atoms with Crippen molar-refractivity contribution in [2.45, 2.75) is 37.5 Å². The highest BCUT2D eigenvalue weighted by Crippen LogP contribution is 2.44. The van der Waals surface area contributed by atoms with Crippen molar-refractivity contribution in [2.24, 2.45) is 0 Å². The van der Waals surface area contributed by atoms with Gasteiger partial charge in [0.2, 0.25) is 0 Å². The summed E-state index contributed by atoms with van der Waals surface area (Å²) in [6.45, 7) is -0.0298. The van der Waals surface area contributed by atoms with Crippen LogP contribution < -0.4 is 5.56 Å². The Hall–Kier alpha value is -4.52. The maximum absolute atomic E-state index is 12.8. The Bertz CT molecular complexity index is 1530. The lowest BCUT2D eigenvalue weighted by Crippen LogP contribution is -2.30. The SMILES string of the molecule is N#Cc1cnn(C2CCC2c2nc3c(c(C#N)nn3Cc3ccc(C(F)(F)F)nc3)c(=O)[nH]2)c1. The smallest absolute Gasteiger partial charge is 0.309 e. The van der Waals surface area contributed by atoms with Crippen LogP contribution in [0.25, 0.3) is 11.0 Å². The molecule has 34 heavy (non-hydrogen) atoms. The fraction of sp³-hybridized carbons (Fsp3) is 0.286. The van der Waals surface area contributed by atoms with Crippen LogP contribution in [0.4, 0.5) is 13.2 Å². The number of alkyl halides is 3. The average molecular weight is 465 g/mol. The van der Waals surface area contributed by atoms with Gasteiger partial charge >= 0.3 is 6.18 Å². The molecular weight excluding hydrogens is 451 g/mol. The van der Waals surface area contributed by atoms with E-state index in [-0.39, 0.29) is 35.2 Å². The highest BCUT2D eigenvalue weighted by molar-refractivity contribution is 5.80. The first-order chi connectivity index (χ1) is 16.3. The van der Waals surface area contributed by atoms with Gasteiger partial charge in [-0.3, -0.25) is 14.5 Å². The van der Waals surface area contributed by atoms with E-state index in [1.807, 2.05) is 12.1 Å². The molecule has 1 N–H and O–H groups in total. The van der Waals surface area contributed by atoms with Crippen LogP contribution in [-0.4, -0.2) is 34.5 Å². The summed E-state index contributed by atoms with van der Waals surface area (Å²) in [4.78, 5) is 23.6. The van der Waals surface area contributed by atoms with Gasteiger partial charge < -0.3 is 4.98 Å². The minimum Gasteiger partial charge on any atom is -0.309 e. The summed E-state index contributed by atoms with van der Waals surface area (Å²) in [6.07, 6.45) is 1.10. The van der Waals surface area contributed by atoms with E-state index in [1.165, 1.54) is 16.9 Å². The highest BCUT2D eigenvalue weighted by atomic mass is 19.4.